The Morgan fingerprint density at radius 2 is 1.81 bits per heavy atom. The summed E-state index contributed by atoms with van der Waals surface area (Å²) in [6, 6.07) is 5.82. The summed E-state index contributed by atoms with van der Waals surface area (Å²) in [5.74, 6) is -4.46. The third kappa shape index (κ3) is 5.67. The van der Waals surface area contributed by atoms with Crippen LogP contribution < -0.4 is 4.74 Å². The Kier molecular flexibility index (Phi) is 7.22. The van der Waals surface area contributed by atoms with Crippen molar-refractivity contribution in [3.8, 4) is 5.75 Å². The van der Waals surface area contributed by atoms with Gasteiger partial charge in [-0.1, -0.05) is 6.07 Å². The highest BCUT2D eigenvalue weighted by molar-refractivity contribution is 14.1. The average molecular weight is 574 g/mol. The highest BCUT2D eigenvalue weighted by Crippen LogP contribution is 2.28. The van der Waals surface area contributed by atoms with Gasteiger partial charge in [-0.2, -0.15) is 8.78 Å². The van der Waals surface area contributed by atoms with Gasteiger partial charge in [0, 0.05) is 15.7 Å². The van der Waals surface area contributed by atoms with Crippen molar-refractivity contribution in [2.75, 3.05) is 6.61 Å². The van der Waals surface area contributed by atoms with Gasteiger partial charge in [0.25, 0.3) is 5.69 Å². The minimum absolute atomic E-state index is 0.171. The molecule has 166 valence electrons. The zero-order valence-electron chi connectivity index (χ0n) is 14.7. The Hall–Kier alpha value is -2.79. The number of carbonyl (C=O) groups excluding carboxylic acids is 2. The van der Waals surface area contributed by atoms with Gasteiger partial charge < -0.3 is 14.0 Å². The lowest BCUT2D eigenvalue weighted by atomic mass is 10.1. The number of carbonyl (C=O) groups is 2. The topological polar surface area (TPSA) is 153 Å². The molecule has 0 spiro atoms. The van der Waals surface area contributed by atoms with Crippen molar-refractivity contribution in [1.82, 2.24) is 0 Å². The second-order valence-corrected chi connectivity index (χ2v) is 8.26. The number of esters is 2. The van der Waals surface area contributed by atoms with Gasteiger partial charge in [-0.05, 0) is 40.8 Å². The van der Waals surface area contributed by atoms with Gasteiger partial charge in [0.05, 0.1) is 4.92 Å². The lowest BCUT2D eigenvalue weighted by Crippen LogP contribution is -2.34. The molecule has 0 unspecified atom stereocenters. The van der Waals surface area contributed by atoms with Crippen LogP contribution in [0, 0.1) is 19.5 Å². The van der Waals surface area contributed by atoms with E-state index in [0.29, 0.717) is 12.1 Å². The molecule has 0 heterocycles. The van der Waals surface area contributed by atoms with Crippen LogP contribution in [0.15, 0.2) is 36.4 Å². The third-order valence-corrected chi connectivity index (χ3v) is 5.25. The minimum Gasteiger partial charge on any atom is -0.743 e. The molecule has 0 aliphatic carbocycles. The number of hydrogen-bond donors (Lipinski definition) is 0. The van der Waals surface area contributed by atoms with Crippen LogP contribution in [0.4, 0.5) is 18.9 Å². The maximum absolute atomic E-state index is 13.9. The third-order valence-electron chi connectivity index (χ3n) is 3.50. The fraction of sp³-hybridized carbons (Fsp3) is 0.125. The van der Waals surface area contributed by atoms with Gasteiger partial charge in [-0.15, -0.1) is 0 Å². The molecule has 0 amide bonds. The lowest BCUT2D eigenvalue weighted by molar-refractivity contribution is -0.385. The first kappa shape index (κ1) is 24.5. The summed E-state index contributed by atoms with van der Waals surface area (Å²) in [5, 5.41) is 6.09. The monoisotopic (exact) mass is 574 g/mol. The summed E-state index contributed by atoms with van der Waals surface area (Å²) >= 11 is 1.65. The van der Waals surface area contributed by atoms with Crippen molar-refractivity contribution in [2.24, 2.45) is 0 Å². The molecule has 31 heavy (non-hydrogen) atoms. The molecule has 0 atom stereocenters. The molecule has 0 radical (unpaired) electrons. The van der Waals surface area contributed by atoms with Gasteiger partial charge >= 0.3 is 17.2 Å². The Balaban J connectivity index is 2.33. The number of nitrogens with zero attached hydrogens (tertiary/aromatic N) is 1. The van der Waals surface area contributed by atoms with Gasteiger partial charge in [0.15, 0.2) is 16.7 Å². The van der Waals surface area contributed by atoms with E-state index in [1.54, 1.807) is 22.6 Å². The molecule has 10 nitrogen and oxygen atoms in total. The zero-order chi connectivity index (χ0) is 23.6. The normalized spacial score (nSPS) is 11.6. The first-order valence-corrected chi connectivity index (χ1v) is 10.2. The second-order valence-electron chi connectivity index (χ2n) is 5.59. The van der Waals surface area contributed by atoms with E-state index in [9.17, 15) is 45.8 Å². The number of halogens is 4. The standard InChI is InChI=1S/C16H9F3INO9S/c17-10-2-1-3-11(20)13(10)15(23)30-8-4-5-12(21(24)25)9(6-8)14(22)29-7-16(18,19)31(26,27)28/h1-6H,7H2,(H,26,27,28)/p-1. The summed E-state index contributed by atoms with van der Waals surface area (Å²) in [5.41, 5.74) is -2.41. The number of nitro groups is 1. The molecule has 0 aliphatic heterocycles. The van der Waals surface area contributed by atoms with Crippen molar-refractivity contribution in [3.63, 3.8) is 0 Å². The number of ether oxygens (including phenoxy) is 2. The minimum atomic E-state index is -6.17. The summed E-state index contributed by atoms with van der Waals surface area (Å²) in [6.07, 6.45) is 0. The first-order chi connectivity index (χ1) is 14.2. The molecular formula is C16H8F3INO9S-. The van der Waals surface area contributed by atoms with Crippen molar-refractivity contribution >= 4 is 50.3 Å². The highest BCUT2D eigenvalue weighted by Gasteiger charge is 2.40. The highest BCUT2D eigenvalue weighted by atomic mass is 127. The maximum Gasteiger partial charge on any atom is 0.367 e. The summed E-state index contributed by atoms with van der Waals surface area (Å²) in [4.78, 5) is 34.2. The van der Waals surface area contributed by atoms with Crippen LogP contribution in [0.2, 0.25) is 0 Å². The summed E-state index contributed by atoms with van der Waals surface area (Å²) in [7, 11) is -6.17. The van der Waals surface area contributed by atoms with Crippen LogP contribution in [0.25, 0.3) is 0 Å². The molecule has 2 aromatic rings. The Labute approximate surface area is 185 Å². The van der Waals surface area contributed by atoms with Crippen molar-refractivity contribution in [3.05, 3.63) is 67.0 Å². The van der Waals surface area contributed by atoms with Crippen LogP contribution in [0.3, 0.4) is 0 Å². The van der Waals surface area contributed by atoms with E-state index in [1.165, 1.54) is 12.1 Å². The molecule has 0 saturated heterocycles. The molecule has 0 fully saturated rings. The number of rotatable bonds is 7. The van der Waals surface area contributed by atoms with Crippen molar-refractivity contribution in [2.45, 2.75) is 5.25 Å². The Morgan fingerprint density at radius 3 is 2.35 bits per heavy atom. The smallest absolute Gasteiger partial charge is 0.367 e. The number of nitro benzene ring substituents is 1. The molecule has 0 saturated carbocycles. The van der Waals surface area contributed by atoms with Crippen LogP contribution in [0.1, 0.15) is 20.7 Å². The van der Waals surface area contributed by atoms with Gasteiger partial charge in [0.1, 0.15) is 22.7 Å². The van der Waals surface area contributed by atoms with Crippen LogP contribution in [-0.2, 0) is 14.9 Å². The number of benzene rings is 2. The fourth-order valence-electron chi connectivity index (χ4n) is 2.05. The second kappa shape index (κ2) is 9.15. The van der Waals surface area contributed by atoms with Crippen molar-refractivity contribution in [1.29, 1.82) is 0 Å². The van der Waals surface area contributed by atoms with Gasteiger partial charge in [0.2, 0.25) is 0 Å². The summed E-state index contributed by atoms with van der Waals surface area (Å²) in [6.45, 7) is -2.20. The van der Waals surface area contributed by atoms with E-state index in [0.717, 1.165) is 12.1 Å². The molecule has 0 bridgehead atoms. The van der Waals surface area contributed by atoms with E-state index in [4.69, 9.17) is 4.74 Å². The largest absolute Gasteiger partial charge is 0.743 e. The number of alkyl halides is 2. The van der Waals surface area contributed by atoms with Gasteiger partial charge in [-0.25, -0.2) is 22.4 Å². The molecular weight excluding hydrogens is 566 g/mol. The van der Waals surface area contributed by atoms with Gasteiger partial charge in [-0.3, -0.25) is 10.1 Å². The van der Waals surface area contributed by atoms with Crippen LogP contribution in [-0.4, -0.2) is 41.7 Å². The maximum atomic E-state index is 13.9. The Bertz CT molecular complexity index is 1150. The predicted octanol–water partition coefficient (Wildman–Crippen LogP) is 2.85. The number of hydrogen-bond acceptors (Lipinski definition) is 9. The van der Waals surface area contributed by atoms with E-state index in [-0.39, 0.29) is 3.57 Å². The van der Waals surface area contributed by atoms with Crippen molar-refractivity contribution < 1.29 is 50.1 Å². The van der Waals surface area contributed by atoms with E-state index in [1.807, 2.05) is 0 Å². The molecule has 0 N–H and O–H groups in total. The molecule has 2 aromatic carbocycles. The van der Waals surface area contributed by atoms with Crippen LogP contribution in [0.5, 0.6) is 5.75 Å². The average Bonchev–Trinajstić information content (AvgIpc) is 2.64. The molecule has 0 aliphatic rings. The molecule has 0 aromatic heterocycles. The predicted molar refractivity (Wildman–Crippen MR) is 102 cm³/mol. The SMILES string of the molecule is O=C(OCC(F)(F)S(=O)(=O)[O-])c1cc(OC(=O)c2c(F)cccc2I)ccc1[N+](=O)[O-]. The lowest BCUT2D eigenvalue weighted by Gasteiger charge is -2.19. The first-order valence-electron chi connectivity index (χ1n) is 7.69. The quantitative estimate of drug-likeness (QED) is 0.121. The summed E-state index contributed by atoms with van der Waals surface area (Å²) < 4.78 is 80.6. The Morgan fingerprint density at radius 1 is 1.16 bits per heavy atom. The zero-order valence-corrected chi connectivity index (χ0v) is 17.7. The molecule has 15 heteroatoms. The van der Waals surface area contributed by atoms with E-state index >= 15 is 0 Å². The molecule has 2 rings (SSSR count). The fourth-order valence-corrected chi connectivity index (χ4v) is 2.94. The van der Waals surface area contributed by atoms with E-state index in [2.05, 4.69) is 4.74 Å². The van der Waals surface area contributed by atoms with Crippen LogP contribution >= 0.6 is 22.6 Å². The van der Waals surface area contributed by atoms with E-state index < -0.39 is 67.2 Å².